The number of aromatic nitrogens is 4. The van der Waals surface area contributed by atoms with Gasteiger partial charge in [0.05, 0.1) is 17.6 Å². The van der Waals surface area contributed by atoms with Crippen LogP contribution < -0.4 is 11.1 Å². The van der Waals surface area contributed by atoms with Gasteiger partial charge in [-0.3, -0.25) is 0 Å². The summed E-state index contributed by atoms with van der Waals surface area (Å²) in [7, 11) is 3.99. The van der Waals surface area contributed by atoms with Crippen LogP contribution in [0.4, 0.5) is 16.2 Å². The predicted molar refractivity (Wildman–Crippen MR) is 118 cm³/mol. The normalized spacial score (nSPS) is 11.3. The zero-order valence-corrected chi connectivity index (χ0v) is 17.0. The molecule has 0 spiro atoms. The number of hydrogen-bond acceptors (Lipinski definition) is 6. The van der Waals surface area contributed by atoms with Gasteiger partial charge in [0.15, 0.2) is 5.65 Å². The lowest BCUT2D eigenvalue weighted by atomic mass is 10.1. The molecule has 7 nitrogen and oxygen atoms in total. The number of nitrogens with one attached hydrogen (secondary N) is 1. The van der Waals surface area contributed by atoms with Gasteiger partial charge in [0, 0.05) is 18.7 Å². The third kappa shape index (κ3) is 4.23. The Morgan fingerprint density at radius 1 is 1.07 bits per heavy atom. The third-order valence-corrected chi connectivity index (χ3v) is 4.75. The lowest BCUT2D eigenvalue weighted by Gasteiger charge is -2.11. The van der Waals surface area contributed by atoms with Crippen molar-refractivity contribution in [1.82, 2.24) is 24.6 Å². The lowest BCUT2D eigenvalue weighted by molar-refractivity contribution is 0.425. The summed E-state index contributed by atoms with van der Waals surface area (Å²) < 4.78 is 15.6. The Bertz CT molecular complexity index is 1160. The molecule has 4 rings (SSSR count). The van der Waals surface area contributed by atoms with Crippen molar-refractivity contribution in [3.05, 3.63) is 66.0 Å². The van der Waals surface area contributed by atoms with Crippen LogP contribution in [-0.2, 0) is 6.54 Å². The number of halogens is 1. The molecule has 2 heterocycles. The molecule has 0 bridgehead atoms. The first-order valence-electron chi connectivity index (χ1n) is 9.74. The second kappa shape index (κ2) is 8.46. The second-order valence-corrected chi connectivity index (χ2v) is 7.36. The van der Waals surface area contributed by atoms with E-state index in [1.807, 2.05) is 50.5 Å². The van der Waals surface area contributed by atoms with Gasteiger partial charge < -0.3 is 16.0 Å². The van der Waals surface area contributed by atoms with E-state index in [0.717, 1.165) is 12.1 Å². The summed E-state index contributed by atoms with van der Waals surface area (Å²) in [4.78, 5) is 11.3. The smallest absolute Gasteiger partial charge is 0.225 e. The van der Waals surface area contributed by atoms with Gasteiger partial charge in [-0.05, 0) is 31.8 Å². The Morgan fingerprint density at radius 3 is 2.60 bits per heavy atom. The van der Waals surface area contributed by atoms with Crippen LogP contribution in [0.1, 0.15) is 5.56 Å². The summed E-state index contributed by atoms with van der Waals surface area (Å²) in [5.41, 5.74) is 9.19. The largest absolute Gasteiger partial charge is 0.383 e. The van der Waals surface area contributed by atoms with Crippen LogP contribution in [0.25, 0.3) is 22.3 Å². The number of nitrogens with two attached hydrogens (primary N) is 1. The van der Waals surface area contributed by atoms with Crippen molar-refractivity contribution in [2.45, 2.75) is 6.54 Å². The van der Waals surface area contributed by atoms with E-state index in [1.54, 1.807) is 10.7 Å². The number of likely N-dealkylation sites (N-methyl/N-ethyl adjacent to an activating group) is 1. The quantitative estimate of drug-likeness (QED) is 0.491. The van der Waals surface area contributed by atoms with Gasteiger partial charge in [-0.15, -0.1) is 5.10 Å². The number of benzene rings is 2. The summed E-state index contributed by atoms with van der Waals surface area (Å²) in [5, 5.41) is 8.46. The van der Waals surface area contributed by atoms with Crippen molar-refractivity contribution >= 4 is 22.8 Å². The molecule has 2 aromatic heterocycles. The fourth-order valence-electron chi connectivity index (χ4n) is 3.25. The van der Waals surface area contributed by atoms with E-state index in [4.69, 9.17) is 5.73 Å². The zero-order chi connectivity index (χ0) is 21.1. The third-order valence-electron chi connectivity index (χ3n) is 4.75. The van der Waals surface area contributed by atoms with E-state index < -0.39 is 0 Å². The Morgan fingerprint density at radius 2 is 1.87 bits per heavy atom. The molecule has 4 aromatic rings. The molecule has 0 aliphatic rings. The standard InChI is InChI=1S/C22H24FN7/c1-29(2)12-11-25-22-26-19(16-9-6-10-17(23)13-16)18-20(24)30(28-21(18)27-22)14-15-7-4-3-5-8-15/h3-10,13H,11-12,14,24H2,1-2H3,(H,25,27,28). The molecule has 0 fully saturated rings. The SMILES string of the molecule is CN(C)CCNc1nc(-c2cccc(F)c2)c2c(N)n(Cc3ccccc3)nc2n1. The van der Waals surface area contributed by atoms with Crippen LogP contribution in [0.5, 0.6) is 0 Å². The Kier molecular flexibility index (Phi) is 5.58. The first-order chi connectivity index (χ1) is 14.5. The number of nitrogen functional groups attached to an aromatic ring is 1. The molecule has 0 saturated heterocycles. The highest BCUT2D eigenvalue weighted by Crippen LogP contribution is 2.32. The van der Waals surface area contributed by atoms with E-state index in [9.17, 15) is 4.39 Å². The minimum Gasteiger partial charge on any atom is -0.383 e. The van der Waals surface area contributed by atoms with Gasteiger partial charge in [-0.2, -0.15) is 4.98 Å². The van der Waals surface area contributed by atoms with Gasteiger partial charge in [-0.25, -0.2) is 14.1 Å². The molecule has 0 radical (unpaired) electrons. The molecule has 154 valence electrons. The zero-order valence-electron chi connectivity index (χ0n) is 17.0. The number of rotatable bonds is 7. The van der Waals surface area contributed by atoms with Crippen LogP contribution in [-0.4, -0.2) is 51.8 Å². The molecule has 3 N–H and O–H groups in total. The van der Waals surface area contributed by atoms with E-state index >= 15 is 0 Å². The molecular weight excluding hydrogens is 381 g/mol. The monoisotopic (exact) mass is 405 g/mol. The molecule has 30 heavy (non-hydrogen) atoms. The maximum absolute atomic E-state index is 13.9. The minimum atomic E-state index is -0.336. The van der Waals surface area contributed by atoms with Crippen LogP contribution >= 0.6 is 0 Å². The average Bonchev–Trinajstić information content (AvgIpc) is 3.03. The van der Waals surface area contributed by atoms with Crippen LogP contribution in [0, 0.1) is 5.82 Å². The fourth-order valence-corrected chi connectivity index (χ4v) is 3.25. The van der Waals surface area contributed by atoms with Crippen molar-refractivity contribution < 1.29 is 4.39 Å². The summed E-state index contributed by atoms with van der Waals surface area (Å²) >= 11 is 0. The van der Waals surface area contributed by atoms with Gasteiger partial charge in [0.1, 0.15) is 11.6 Å². The van der Waals surface area contributed by atoms with Crippen molar-refractivity contribution in [2.24, 2.45) is 0 Å². The first-order valence-corrected chi connectivity index (χ1v) is 9.74. The van der Waals surface area contributed by atoms with Gasteiger partial charge >= 0.3 is 0 Å². The number of nitrogens with zero attached hydrogens (tertiary/aromatic N) is 5. The molecule has 8 heteroatoms. The topological polar surface area (TPSA) is 84.9 Å². The van der Waals surface area contributed by atoms with E-state index in [-0.39, 0.29) is 5.82 Å². The lowest BCUT2D eigenvalue weighted by Crippen LogP contribution is -2.21. The second-order valence-electron chi connectivity index (χ2n) is 7.36. The highest BCUT2D eigenvalue weighted by Gasteiger charge is 2.19. The Hall–Kier alpha value is -3.52. The van der Waals surface area contributed by atoms with Crippen molar-refractivity contribution in [3.63, 3.8) is 0 Å². The van der Waals surface area contributed by atoms with Crippen LogP contribution in [0.3, 0.4) is 0 Å². The van der Waals surface area contributed by atoms with Crippen LogP contribution in [0.15, 0.2) is 54.6 Å². The first kappa shape index (κ1) is 19.8. The summed E-state index contributed by atoms with van der Waals surface area (Å²) in [5.74, 6) is 0.553. The maximum Gasteiger partial charge on any atom is 0.225 e. The van der Waals surface area contributed by atoms with Gasteiger partial charge in [0.2, 0.25) is 5.95 Å². The Balaban J connectivity index is 1.80. The highest BCUT2D eigenvalue weighted by atomic mass is 19.1. The number of hydrogen-bond donors (Lipinski definition) is 2. The van der Waals surface area contributed by atoms with Crippen molar-refractivity contribution in [1.29, 1.82) is 0 Å². The molecule has 0 atom stereocenters. The summed E-state index contributed by atoms with van der Waals surface area (Å²) in [6.45, 7) is 2.00. The molecular formula is C22H24FN7. The van der Waals surface area contributed by atoms with E-state index in [0.29, 0.717) is 47.1 Å². The molecule has 0 unspecified atom stereocenters. The van der Waals surface area contributed by atoms with E-state index in [1.165, 1.54) is 12.1 Å². The summed E-state index contributed by atoms with van der Waals surface area (Å²) in [6.07, 6.45) is 0. The average molecular weight is 405 g/mol. The molecule has 2 aromatic carbocycles. The van der Waals surface area contributed by atoms with Crippen molar-refractivity contribution in [2.75, 3.05) is 38.2 Å². The summed E-state index contributed by atoms with van der Waals surface area (Å²) in [6, 6.07) is 16.2. The molecule has 0 saturated carbocycles. The molecule has 0 amide bonds. The van der Waals surface area contributed by atoms with Crippen molar-refractivity contribution in [3.8, 4) is 11.3 Å². The fraction of sp³-hybridized carbons (Fsp3) is 0.227. The highest BCUT2D eigenvalue weighted by molar-refractivity contribution is 5.98. The Labute approximate surface area is 174 Å². The van der Waals surface area contributed by atoms with Crippen LogP contribution in [0.2, 0.25) is 0 Å². The maximum atomic E-state index is 13.9. The number of fused-ring (bicyclic) bond motifs is 1. The molecule has 0 aliphatic carbocycles. The minimum absolute atomic E-state index is 0.336. The molecule has 0 aliphatic heterocycles. The predicted octanol–water partition coefficient (Wildman–Crippen LogP) is 3.24. The van der Waals surface area contributed by atoms with Gasteiger partial charge in [-0.1, -0.05) is 42.5 Å². The van der Waals surface area contributed by atoms with E-state index in [2.05, 4.69) is 25.3 Å². The number of anilines is 2. The van der Waals surface area contributed by atoms with Gasteiger partial charge in [0.25, 0.3) is 0 Å².